The van der Waals surface area contributed by atoms with E-state index in [1.54, 1.807) is 4.90 Å². The third kappa shape index (κ3) is 5.23. The molecule has 0 saturated carbocycles. The highest BCUT2D eigenvalue weighted by molar-refractivity contribution is 5.90. The second-order valence-electron chi connectivity index (χ2n) is 7.63. The third-order valence-corrected chi connectivity index (χ3v) is 5.60. The van der Waals surface area contributed by atoms with Crippen LogP contribution in [0.15, 0.2) is 30.3 Å². The summed E-state index contributed by atoms with van der Waals surface area (Å²) in [5.41, 5.74) is 0.0940. The van der Waals surface area contributed by atoms with Crippen molar-refractivity contribution in [2.75, 3.05) is 45.9 Å². The number of carbonyl (C=O) groups excluding carboxylic acids is 2. The van der Waals surface area contributed by atoms with Crippen molar-refractivity contribution in [2.24, 2.45) is 0 Å². The van der Waals surface area contributed by atoms with Crippen molar-refractivity contribution < 1.29 is 19.1 Å². The van der Waals surface area contributed by atoms with Crippen LogP contribution in [-0.2, 0) is 20.9 Å². The maximum atomic E-state index is 12.8. The summed E-state index contributed by atoms with van der Waals surface area (Å²) in [6.45, 7) is 7.62. The van der Waals surface area contributed by atoms with Crippen LogP contribution < -0.4 is 5.32 Å². The van der Waals surface area contributed by atoms with E-state index in [-0.39, 0.29) is 12.5 Å². The molecule has 3 rings (SSSR count). The highest BCUT2D eigenvalue weighted by Gasteiger charge is 2.46. The Bertz CT molecular complexity index is 648. The van der Waals surface area contributed by atoms with Crippen molar-refractivity contribution in [1.29, 1.82) is 0 Å². The lowest BCUT2D eigenvalue weighted by Gasteiger charge is -2.33. The molecule has 0 bridgehead atoms. The van der Waals surface area contributed by atoms with E-state index in [1.165, 1.54) is 0 Å². The van der Waals surface area contributed by atoms with Gasteiger partial charge in [0.25, 0.3) is 0 Å². The molecule has 7 heteroatoms. The molecule has 2 aliphatic rings. The van der Waals surface area contributed by atoms with Gasteiger partial charge >= 0.3 is 6.09 Å². The quantitative estimate of drug-likeness (QED) is 0.723. The first kappa shape index (κ1) is 20.6. The number of nitrogens with one attached hydrogen (secondary N) is 1. The van der Waals surface area contributed by atoms with Gasteiger partial charge in [0.1, 0.15) is 12.1 Å². The summed E-state index contributed by atoms with van der Waals surface area (Å²) in [6.07, 6.45) is 1.92. The summed E-state index contributed by atoms with van der Waals surface area (Å²) in [5.74, 6) is -0.0939. The number of morpholine rings is 1. The topological polar surface area (TPSA) is 71.1 Å². The number of rotatable bonds is 7. The Morgan fingerprint density at radius 3 is 2.68 bits per heavy atom. The van der Waals surface area contributed by atoms with Gasteiger partial charge in [-0.3, -0.25) is 14.6 Å². The fourth-order valence-electron chi connectivity index (χ4n) is 3.81. The van der Waals surface area contributed by atoms with Crippen molar-refractivity contribution in [3.05, 3.63) is 35.9 Å². The smallest absolute Gasteiger partial charge is 0.410 e. The van der Waals surface area contributed by atoms with Crippen LogP contribution in [0.25, 0.3) is 0 Å². The molecule has 28 heavy (non-hydrogen) atoms. The largest absolute Gasteiger partial charge is 0.445 e. The maximum Gasteiger partial charge on any atom is 0.410 e. The first-order valence-electron chi connectivity index (χ1n) is 10.2. The Hall–Kier alpha value is -2.12. The monoisotopic (exact) mass is 389 g/mol. The van der Waals surface area contributed by atoms with Gasteiger partial charge in [-0.2, -0.15) is 0 Å². The molecule has 0 aromatic heterocycles. The number of hydrogen-bond donors (Lipinski definition) is 1. The maximum absolute atomic E-state index is 12.8. The van der Waals surface area contributed by atoms with E-state index in [1.807, 2.05) is 37.3 Å². The number of benzene rings is 1. The zero-order valence-electron chi connectivity index (χ0n) is 16.7. The molecule has 2 heterocycles. The molecule has 1 aromatic rings. The Balaban J connectivity index is 1.45. The summed E-state index contributed by atoms with van der Waals surface area (Å²) in [6, 6.07) is 9.57. The number of hydrogen-bond acceptors (Lipinski definition) is 5. The van der Waals surface area contributed by atoms with Crippen molar-refractivity contribution in [1.82, 2.24) is 15.1 Å². The first-order valence-corrected chi connectivity index (χ1v) is 10.2. The van der Waals surface area contributed by atoms with Crippen LogP contribution in [-0.4, -0.2) is 73.3 Å². The molecule has 154 valence electrons. The molecule has 0 radical (unpaired) electrons. The second-order valence-corrected chi connectivity index (χ2v) is 7.63. The minimum absolute atomic E-state index is 0.0939. The van der Waals surface area contributed by atoms with E-state index in [9.17, 15) is 9.59 Å². The number of amides is 2. The van der Waals surface area contributed by atoms with Gasteiger partial charge in [0.05, 0.1) is 13.2 Å². The SMILES string of the molecule is CC1(C(=O)NCCCN2CCOCC2)CCCN1C(=O)OCc1ccccc1. The molecule has 1 atom stereocenters. The average molecular weight is 389 g/mol. The number of carbonyl (C=O) groups is 2. The zero-order chi connectivity index (χ0) is 19.8. The van der Waals surface area contributed by atoms with Crippen LogP contribution in [0.4, 0.5) is 4.79 Å². The van der Waals surface area contributed by atoms with Crippen LogP contribution in [0.3, 0.4) is 0 Å². The van der Waals surface area contributed by atoms with E-state index in [0.717, 1.165) is 51.3 Å². The second kappa shape index (κ2) is 9.89. The predicted octanol–water partition coefficient (Wildman–Crippen LogP) is 2.02. The summed E-state index contributed by atoms with van der Waals surface area (Å²) in [4.78, 5) is 29.3. The molecule has 7 nitrogen and oxygen atoms in total. The van der Waals surface area contributed by atoms with Crippen LogP contribution in [0, 0.1) is 0 Å². The van der Waals surface area contributed by atoms with Crippen LogP contribution in [0.5, 0.6) is 0 Å². The van der Waals surface area contributed by atoms with Gasteiger partial charge in [0.2, 0.25) is 5.91 Å². The average Bonchev–Trinajstić information content (AvgIpc) is 3.14. The van der Waals surface area contributed by atoms with Crippen molar-refractivity contribution in [3.63, 3.8) is 0 Å². The van der Waals surface area contributed by atoms with Crippen LogP contribution in [0.1, 0.15) is 31.7 Å². The fourth-order valence-corrected chi connectivity index (χ4v) is 3.81. The van der Waals surface area contributed by atoms with Crippen molar-refractivity contribution in [3.8, 4) is 0 Å². The Kier molecular flexibility index (Phi) is 7.28. The van der Waals surface area contributed by atoms with E-state index < -0.39 is 11.6 Å². The Labute approximate surface area is 167 Å². The van der Waals surface area contributed by atoms with Gasteiger partial charge < -0.3 is 14.8 Å². The molecule has 2 amide bonds. The lowest BCUT2D eigenvalue weighted by Crippen LogP contribution is -2.55. The summed E-state index contributed by atoms with van der Waals surface area (Å²) < 4.78 is 10.8. The zero-order valence-corrected chi connectivity index (χ0v) is 16.7. The molecule has 2 fully saturated rings. The summed E-state index contributed by atoms with van der Waals surface area (Å²) >= 11 is 0. The minimum Gasteiger partial charge on any atom is -0.445 e. The highest BCUT2D eigenvalue weighted by atomic mass is 16.6. The molecule has 0 aliphatic carbocycles. The molecular formula is C21H31N3O4. The van der Waals surface area contributed by atoms with Gasteiger partial charge in [-0.25, -0.2) is 4.79 Å². The van der Waals surface area contributed by atoms with E-state index in [2.05, 4.69) is 10.2 Å². The number of nitrogens with zero attached hydrogens (tertiary/aromatic N) is 2. The van der Waals surface area contributed by atoms with Gasteiger partial charge in [0.15, 0.2) is 0 Å². The predicted molar refractivity (Wildman–Crippen MR) is 106 cm³/mol. The van der Waals surface area contributed by atoms with E-state index >= 15 is 0 Å². The van der Waals surface area contributed by atoms with Crippen molar-refractivity contribution in [2.45, 2.75) is 38.3 Å². The van der Waals surface area contributed by atoms with Gasteiger partial charge in [0, 0.05) is 26.2 Å². The molecular weight excluding hydrogens is 358 g/mol. The number of ether oxygens (including phenoxy) is 2. The third-order valence-electron chi connectivity index (χ3n) is 5.60. The van der Waals surface area contributed by atoms with Crippen LogP contribution >= 0.6 is 0 Å². The van der Waals surface area contributed by atoms with Crippen molar-refractivity contribution >= 4 is 12.0 Å². The van der Waals surface area contributed by atoms with Gasteiger partial charge in [-0.1, -0.05) is 30.3 Å². The number of likely N-dealkylation sites (tertiary alicyclic amines) is 1. The van der Waals surface area contributed by atoms with Gasteiger partial charge in [-0.15, -0.1) is 0 Å². The Morgan fingerprint density at radius 1 is 1.18 bits per heavy atom. The normalized spacial score (nSPS) is 22.8. The van der Waals surface area contributed by atoms with E-state index in [4.69, 9.17) is 9.47 Å². The Morgan fingerprint density at radius 2 is 1.93 bits per heavy atom. The summed E-state index contributed by atoms with van der Waals surface area (Å²) in [5, 5.41) is 3.02. The molecule has 1 unspecified atom stereocenters. The lowest BCUT2D eigenvalue weighted by molar-refractivity contribution is -0.130. The highest BCUT2D eigenvalue weighted by Crippen LogP contribution is 2.30. The first-order chi connectivity index (χ1) is 13.6. The van der Waals surface area contributed by atoms with Gasteiger partial charge in [-0.05, 0) is 38.3 Å². The molecule has 1 aromatic carbocycles. The minimum atomic E-state index is -0.841. The molecule has 2 aliphatic heterocycles. The fraction of sp³-hybridized carbons (Fsp3) is 0.619. The summed E-state index contributed by atoms with van der Waals surface area (Å²) in [7, 11) is 0. The van der Waals surface area contributed by atoms with E-state index in [0.29, 0.717) is 19.5 Å². The van der Waals surface area contributed by atoms with Crippen LogP contribution in [0.2, 0.25) is 0 Å². The molecule has 0 spiro atoms. The molecule has 2 saturated heterocycles. The standard InChI is InChI=1S/C21H31N3O4/c1-21(19(25)22-10-6-11-23-13-15-27-16-14-23)9-5-12-24(21)20(26)28-17-18-7-3-2-4-8-18/h2-4,7-8H,5-6,9-17H2,1H3,(H,22,25). The molecule has 1 N–H and O–H groups in total. The lowest BCUT2D eigenvalue weighted by atomic mass is 9.98.